The van der Waals surface area contributed by atoms with Crippen molar-refractivity contribution in [2.45, 2.75) is 6.04 Å². The number of ether oxygens (including phenoxy) is 1. The molecule has 0 saturated carbocycles. The molecule has 1 aromatic carbocycles. The lowest BCUT2D eigenvalue weighted by Crippen LogP contribution is -2.34. The van der Waals surface area contributed by atoms with Crippen molar-refractivity contribution in [2.75, 3.05) is 25.2 Å². The van der Waals surface area contributed by atoms with Crippen LogP contribution < -0.4 is 10.6 Å². The molecule has 2 rings (SSSR count). The van der Waals surface area contributed by atoms with Crippen molar-refractivity contribution >= 4 is 23.2 Å². The maximum Gasteiger partial charge on any atom is 0.248 e. The van der Waals surface area contributed by atoms with E-state index in [1.165, 1.54) is 0 Å². The molecule has 0 radical (unpaired) electrons. The Hall–Kier alpha value is -1.10. The summed E-state index contributed by atoms with van der Waals surface area (Å²) in [5, 5.41) is 0.540. The minimum atomic E-state index is -0.652. The Morgan fingerprint density at radius 3 is 3.00 bits per heavy atom. The van der Waals surface area contributed by atoms with E-state index >= 15 is 0 Å². The number of halogens is 1. The van der Waals surface area contributed by atoms with Crippen molar-refractivity contribution in [3.63, 3.8) is 0 Å². The molecule has 1 amide bonds. The van der Waals surface area contributed by atoms with Crippen LogP contribution in [-0.4, -0.2) is 26.2 Å². The highest BCUT2D eigenvalue weighted by atomic mass is 35.5. The average Bonchev–Trinajstić information content (AvgIpc) is 2.51. The lowest BCUT2D eigenvalue weighted by atomic mass is 10.1. The lowest BCUT2D eigenvalue weighted by molar-refractivity contribution is -0.119. The predicted molar refractivity (Wildman–Crippen MR) is 62.6 cm³/mol. The summed E-state index contributed by atoms with van der Waals surface area (Å²) in [6.07, 6.45) is 0. The molecule has 0 aromatic heterocycles. The first-order valence-corrected chi connectivity index (χ1v) is 5.39. The maximum absolute atomic E-state index is 11.9. The van der Waals surface area contributed by atoms with Crippen molar-refractivity contribution in [1.29, 1.82) is 0 Å². The molecule has 0 saturated heterocycles. The zero-order chi connectivity index (χ0) is 11.7. The first-order chi connectivity index (χ1) is 7.66. The van der Waals surface area contributed by atoms with Crippen LogP contribution in [0.2, 0.25) is 5.02 Å². The number of nitrogens with zero attached hydrogens (tertiary/aromatic N) is 1. The normalized spacial score (nSPS) is 19.1. The summed E-state index contributed by atoms with van der Waals surface area (Å²) in [6, 6.07) is 4.75. The van der Waals surface area contributed by atoms with Gasteiger partial charge >= 0.3 is 0 Å². The molecule has 4 nitrogen and oxygen atoms in total. The van der Waals surface area contributed by atoms with Gasteiger partial charge in [-0.1, -0.05) is 17.7 Å². The van der Waals surface area contributed by atoms with Gasteiger partial charge < -0.3 is 15.4 Å². The molecule has 1 aliphatic heterocycles. The number of hydrogen-bond acceptors (Lipinski definition) is 3. The SMILES string of the molecule is COCCN1C(=O)C(N)c2c(Cl)cccc21. The molecule has 1 heterocycles. The Kier molecular flexibility index (Phi) is 3.14. The fourth-order valence-corrected chi connectivity index (χ4v) is 2.18. The number of anilines is 1. The number of fused-ring (bicyclic) bond motifs is 1. The average molecular weight is 241 g/mol. The molecule has 1 aromatic rings. The van der Waals surface area contributed by atoms with E-state index in [2.05, 4.69) is 0 Å². The summed E-state index contributed by atoms with van der Waals surface area (Å²) in [5.74, 6) is -0.125. The highest BCUT2D eigenvalue weighted by Gasteiger charge is 2.35. The Morgan fingerprint density at radius 1 is 1.56 bits per heavy atom. The molecule has 2 N–H and O–H groups in total. The quantitative estimate of drug-likeness (QED) is 0.867. The number of rotatable bonds is 3. The van der Waals surface area contributed by atoms with Gasteiger partial charge in [0.2, 0.25) is 5.91 Å². The summed E-state index contributed by atoms with van der Waals surface area (Å²) in [4.78, 5) is 13.5. The molecule has 0 bridgehead atoms. The number of amides is 1. The van der Waals surface area contributed by atoms with Crippen LogP contribution in [0.3, 0.4) is 0 Å². The standard InChI is InChI=1S/C11H13ClN2O2/c1-16-6-5-14-8-4-2-3-7(12)9(8)10(13)11(14)15/h2-4,10H,5-6,13H2,1H3. The van der Waals surface area contributed by atoms with Gasteiger partial charge in [-0.15, -0.1) is 0 Å². The van der Waals surface area contributed by atoms with E-state index in [-0.39, 0.29) is 5.91 Å². The van der Waals surface area contributed by atoms with Gasteiger partial charge in [-0.2, -0.15) is 0 Å². The van der Waals surface area contributed by atoms with Crippen LogP contribution in [-0.2, 0) is 9.53 Å². The lowest BCUT2D eigenvalue weighted by Gasteiger charge is -2.16. The van der Waals surface area contributed by atoms with Crippen molar-refractivity contribution in [1.82, 2.24) is 0 Å². The summed E-state index contributed by atoms with van der Waals surface area (Å²) in [7, 11) is 1.60. The number of carbonyl (C=O) groups excluding carboxylic acids is 1. The Balaban J connectivity index is 2.38. The predicted octanol–water partition coefficient (Wildman–Crippen LogP) is 1.33. The highest BCUT2D eigenvalue weighted by molar-refractivity contribution is 6.32. The van der Waals surface area contributed by atoms with Crippen molar-refractivity contribution in [3.8, 4) is 0 Å². The third kappa shape index (κ3) is 1.69. The molecule has 0 aliphatic carbocycles. The third-order valence-electron chi connectivity index (χ3n) is 2.68. The summed E-state index contributed by atoms with van der Waals surface area (Å²) in [5.41, 5.74) is 7.34. The van der Waals surface area contributed by atoms with Crippen molar-refractivity contribution in [3.05, 3.63) is 28.8 Å². The molecule has 1 atom stereocenters. The second-order valence-corrected chi connectivity index (χ2v) is 4.04. The van der Waals surface area contributed by atoms with E-state index in [1.54, 1.807) is 18.1 Å². The Morgan fingerprint density at radius 2 is 2.31 bits per heavy atom. The molecule has 0 spiro atoms. The van der Waals surface area contributed by atoms with Crippen molar-refractivity contribution in [2.24, 2.45) is 5.73 Å². The van der Waals surface area contributed by atoms with E-state index in [9.17, 15) is 4.79 Å². The Bertz CT molecular complexity index is 422. The van der Waals surface area contributed by atoms with Crippen LogP contribution in [0.15, 0.2) is 18.2 Å². The van der Waals surface area contributed by atoms with E-state index in [0.717, 1.165) is 5.69 Å². The van der Waals surface area contributed by atoms with Crippen LogP contribution in [0.4, 0.5) is 5.69 Å². The smallest absolute Gasteiger partial charge is 0.248 e. The molecule has 1 unspecified atom stereocenters. The highest BCUT2D eigenvalue weighted by Crippen LogP contribution is 2.38. The molecule has 86 valence electrons. The van der Waals surface area contributed by atoms with E-state index < -0.39 is 6.04 Å². The zero-order valence-corrected chi connectivity index (χ0v) is 9.70. The van der Waals surface area contributed by atoms with Crippen LogP contribution in [0, 0.1) is 0 Å². The number of hydrogen-bond donors (Lipinski definition) is 1. The third-order valence-corrected chi connectivity index (χ3v) is 3.01. The van der Waals surface area contributed by atoms with Crippen LogP contribution in [0.1, 0.15) is 11.6 Å². The minimum absolute atomic E-state index is 0.125. The maximum atomic E-state index is 11.9. The summed E-state index contributed by atoms with van der Waals surface area (Å²) < 4.78 is 4.96. The second kappa shape index (κ2) is 4.41. The molecule has 0 fully saturated rings. The fraction of sp³-hybridized carbons (Fsp3) is 0.364. The van der Waals surface area contributed by atoms with Crippen LogP contribution in [0.25, 0.3) is 0 Å². The molecule has 16 heavy (non-hydrogen) atoms. The van der Waals surface area contributed by atoms with Crippen LogP contribution in [0.5, 0.6) is 0 Å². The van der Waals surface area contributed by atoms with Gasteiger partial charge in [0.15, 0.2) is 0 Å². The molecule has 5 heteroatoms. The first kappa shape index (κ1) is 11.4. The summed E-state index contributed by atoms with van der Waals surface area (Å²) >= 11 is 6.04. The van der Waals surface area contributed by atoms with Gasteiger partial charge in [-0.3, -0.25) is 4.79 Å². The van der Waals surface area contributed by atoms with E-state index in [1.807, 2.05) is 12.1 Å². The number of nitrogens with two attached hydrogens (primary N) is 1. The van der Waals surface area contributed by atoms with Gasteiger partial charge in [0.05, 0.1) is 12.3 Å². The van der Waals surface area contributed by atoms with Gasteiger partial charge in [-0.05, 0) is 12.1 Å². The topological polar surface area (TPSA) is 55.6 Å². The summed E-state index contributed by atoms with van der Waals surface area (Å²) in [6.45, 7) is 0.973. The number of carbonyl (C=O) groups is 1. The number of benzene rings is 1. The van der Waals surface area contributed by atoms with Gasteiger partial charge in [0, 0.05) is 24.2 Å². The minimum Gasteiger partial charge on any atom is -0.383 e. The van der Waals surface area contributed by atoms with E-state index in [0.29, 0.717) is 23.7 Å². The van der Waals surface area contributed by atoms with Crippen molar-refractivity contribution < 1.29 is 9.53 Å². The van der Waals surface area contributed by atoms with E-state index in [4.69, 9.17) is 22.1 Å². The largest absolute Gasteiger partial charge is 0.383 e. The molecular formula is C11H13ClN2O2. The van der Waals surface area contributed by atoms with Gasteiger partial charge in [0.1, 0.15) is 6.04 Å². The molecular weight excluding hydrogens is 228 g/mol. The number of methoxy groups -OCH3 is 1. The Labute approximate surface area is 98.9 Å². The molecule has 1 aliphatic rings. The first-order valence-electron chi connectivity index (χ1n) is 5.01. The van der Waals surface area contributed by atoms with Gasteiger partial charge in [0.25, 0.3) is 0 Å². The fourth-order valence-electron chi connectivity index (χ4n) is 1.89. The second-order valence-electron chi connectivity index (χ2n) is 3.63. The zero-order valence-electron chi connectivity index (χ0n) is 8.94. The van der Waals surface area contributed by atoms with Gasteiger partial charge in [-0.25, -0.2) is 0 Å². The van der Waals surface area contributed by atoms with Crippen LogP contribution >= 0.6 is 11.6 Å². The monoisotopic (exact) mass is 240 g/mol.